The Bertz CT molecular complexity index is 540. The maximum atomic E-state index is 4.31. The number of rotatable bonds is 5. The summed E-state index contributed by atoms with van der Waals surface area (Å²) in [5.74, 6) is 0.829. The molecular formula is C15H21N5. The quantitative estimate of drug-likeness (QED) is 0.835. The highest BCUT2D eigenvalue weighted by molar-refractivity contribution is 5.48. The molecule has 5 nitrogen and oxygen atoms in total. The van der Waals surface area contributed by atoms with Crippen molar-refractivity contribution in [3.63, 3.8) is 0 Å². The third-order valence-electron chi connectivity index (χ3n) is 3.82. The molecule has 0 atom stereocenters. The second kappa shape index (κ2) is 6.03. The summed E-state index contributed by atoms with van der Waals surface area (Å²) in [6.45, 7) is 5.19. The van der Waals surface area contributed by atoms with E-state index in [1.807, 2.05) is 6.92 Å². The lowest BCUT2D eigenvalue weighted by Crippen LogP contribution is -2.17. The largest absolute Gasteiger partial charge is 0.372 e. The maximum absolute atomic E-state index is 4.31. The van der Waals surface area contributed by atoms with Gasteiger partial charge < -0.3 is 4.90 Å². The lowest BCUT2D eigenvalue weighted by Gasteiger charge is -2.17. The minimum absolute atomic E-state index is 0.775. The lowest BCUT2D eigenvalue weighted by molar-refractivity contribution is 0.550. The molecule has 0 radical (unpaired) electrons. The Balaban J connectivity index is 1.57. The Kier molecular flexibility index (Phi) is 3.95. The summed E-state index contributed by atoms with van der Waals surface area (Å²) in [6.07, 6.45) is 4.46. The predicted molar refractivity (Wildman–Crippen MR) is 78.8 cm³/mol. The number of aromatic nitrogens is 4. The molecule has 0 saturated carbocycles. The molecule has 2 aromatic rings. The summed E-state index contributed by atoms with van der Waals surface area (Å²) >= 11 is 0. The number of hydrogen-bond donors (Lipinski definition) is 0. The Morgan fingerprint density at radius 2 is 1.80 bits per heavy atom. The molecule has 3 rings (SSSR count). The zero-order chi connectivity index (χ0) is 13.8. The van der Waals surface area contributed by atoms with Crippen molar-refractivity contribution in [2.24, 2.45) is 0 Å². The van der Waals surface area contributed by atoms with E-state index < -0.39 is 0 Å². The van der Waals surface area contributed by atoms with Gasteiger partial charge in [0.1, 0.15) is 0 Å². The van der Waals surface area contributed by atoms with E-state index in [0.29, 0.717) is 0 Å². The van der Waals surface area contributed by atoms with Crippen molar-refractivity contribution < 1.29 is 0 Å². The van der Waals surface area contributed by atoms with E-state index in [2.05, 4.69) is 44.6 Å². The van der Waals surface area contributed by atoms with Gasteiger partial charge in [-0.2, -0.15) is 4.80 Å². The van der Waals surface area contributed by atoms with Gasteiger partial charge >= 0.3 is 0 Å². The van der Waals surface area contributed by atoms with Gasteiger partial charge in [0.2, 0.25) is 0 Å². The van der Waals surface area contributed by atoms with E-state index in [1.54, 1.807) is 4.80 Å². The number of anilines is 1. The number of nitrogens with zero attached hydrogens (tertiary/aromatic N) is 5. The molecule has 1 aromatic carbocycles. The van der Waals surface area contributed by atoms with Crippen molar-refractivity contribution >= 4 is 5.69 Å². The van der Waals surface area contributed by atoms with Crippen molar-refractivity contribution in [2.75, 3.05) is 18.0 Å². The topological polar surface area (TPSA) is 46.8 Å². The molecule has 1 aliphatic rings. The summed E-state index contributed by atoms with van der Waals surface area (Å²) in [4.78, 5) is 4.09. The van der Waals surface area contributed by atoms with Crippen LogP contribution in [-0.4, -0.2) is 33.3 Å². The minimum Gasteiger partial charge on any atom is -0.372 e. The van der Waals surface area contributed by atoms with E-state index in [1.165, 1.54) is 37.2 Å². The first kappa shape index (κ1) is 13.1. The highest BCUT2D eigenvalue weighted by Crippen LogP contribution is 2.20. The predicted octanol–water partition coefficient (Wildman–Crippen LogP) is 2.08. The third kappa shape index (κ3) is 2.98. The zero-order valence-corrected chi connectivity index (χ0v) is 12.0. The van der Waals surface area contributed by atoms with Crippen molar-refractivity contribution in [1.29, 1.82) is 0 Å². The van der Waals surface area contributed by atoms with Gasteiger partial charge in [0.05, 0.1) is 6.54 Å². The number of aryl methyl sites for hydroxylation is 3. The zero-order valence-electron chi connectivity index (χ0n) is 12.0. The molecule has 2 heterocycles. The summed E-state index contributed by atoms with van der Waals surface area (Å²) in [7, 11) is 0. The number of hydrogen-bond acceptors (Lipinski definition) is 4. The molecule has 1 aliphatic heterocycles. The fraction of sp³-hybridized carbons (Fsp3) is 0.533. The van der Waals surface area contributed by atoms with Gasteiger partial charge in [-0.15, -0.1) is 10.2 Å². The first-order valence-electron chi connectivity index (χ1n) is 7.46. The minimum atomic E-state index is 0.775. The Morgan fingerprint density at radius 3 is 2.45 bits per heavy atom. The Morgan fingerprint density at radius 1 is 1.05 bits per heavy atom. The molecule has 0 unspecified atom stereocenters. The second-order valence-electron chi connectivity index (χ2n) is 5.25. The highest BCUT2D eigenvalue weighted by Gasteiger charge is 2.11. The molecule has 5 heteroatoms. The SMILES string of the molecule is CCn1nnc(CCc2ccc(N3CCCC3)cc2)n1. The van der Waals surface area contributed by atoms with Crippen LogP contribution in [-0.2, 0) is 19.4 Å². The van der Waals surface area contributed by atoms with Crippen LogP contribution < -0.4 is 4.90 Å². The normalized spacial score (nSPS) is 14.9. The Labute approximate surface area is 119 Å². The second-order valence-corrected chi connectivity index (χ2v) is 5.25. The van der Waals surface area contributed by atoms with Crippen LogP contribution in [0.1, 0.15) is 31.2 Å². The molecule has 1 aromatic heterocycles. The molecule has 0 N–H and O–H groups in total. The van der Waals surface area contributed by atoms with Crippen molar-refractivity contribution in [1.82, 2.24) is 20.2 Å². The number of benzene rings is 1. The average Bonchev–Trinajstić information content (AvgIpc) is 3.17. The van der Waals surface area contributed by atoms with Gasteiger partial charge in [0.25, 0.3) is 0 Å². The molecule has 0 aliphatic carbocycles. The van der Waals surface area contributed by atoms with E-state index in [0.717, 1.165) is 25.2 Å². The van der Waals surface area contributed by atoms with Crippen LogP contribution in [0.2, 0.25) is 0 Å². The van der Waals surface area contributed by atoms with Gasteiger partial charge in [0.15, 0.2) is 5.82 Å². The average molecular weight is 271 g/mol. The Hall–Kier alpha value is -1.91. The van der Waals surface area contributed by atoms with E-state index in [-0.39, 0.29) is 0 Å². The van der Waals surface area contributed by atoms with E-state index in [9.17, 15) is 0 Å². The van der Waals surface area contributed by atoms with E-state index in [4.69, 9.17) is 0 Å². The summed E-state index contributed by atoms with van der Waals surface area (Å²) in [6, 6.07) is 8.91. The van der Waals surface area contributed by atoms with Crippen molar-refractivity contribution in [3.8, 4) is 0 Å². The highest BCUT2D eigenvalue weighted by atomic mass is 15.6. The van der Waals surface area contributed by atoms with Crippen LogP contribution in [0.5, 0.6) is 0 Å². The first-order chi connectivity index (χ1) is 9.85. The van der Waals surface area contributed by atoms with Crippen molar-refractivity contribution in [3.05, 3.63) is 35.7 Å². The van der Waals surface area contributed by atoms with E-state index >= 15 is 0 Å². The monoisotopic (exact) mass is 271 g/mol. The van der Waals surface area contributed by atoms with Crippen molar-refractivity contribution in [2.45, 2.75) is 39.2 Å². The van der Waals surface area contributed by atoms with Gasteiger partial charge in [-0.05, 0) is 49.1 Å². The van der Waals surface area contributed by atoms with Gasteiger partial charge in [0, 0.05) is 25.2 Å². The van der Waals surface area contributed by atoms with Gasteiger partial charge in [-0.3, -0.25) is 0 Å². The number of tetrazole rings is 1. The molecule has 1 fully saturated rings. The molecule has 20 heavy (non-hydrogen) atoms. The van der Waals surface area contributed by atoms with Crippen LogP contribution in [0.4, 0.5) is 5.69 Å². The lowest BCUT2D eigenvalue weighted by atomic mass is 10.1. The van der Waals surface area contributed by atoms with Crippen LogP contribution in [0.15, 0.2) is 24.3 Å². The molecule has 0 spiro atoms. The first-order valence-corrected chi connectivity index (χ1v) is 7.46. The molecule has 1 saturated heterocycles. The van der Waals surface area contributed by atoms with Gasteiger partial charge in [-0.1, -0.05) is 12.1 Å². The fourth-order valence-electron chi connectivity index (χ4n) is 2.62. The van der Waals surface area contributed by atoms with Gasteiger partial charge in [-0.25, -0.2) is 0 Å². The molecular weight excluding hydrogens is 250 g/mol. The smallest absolute Gasteiger partial charge is 0.175 e. The van der Waals surface area contributed by atoms with Crippen LogP contribution >= 0.6 is 0 Å². The van der Waals surface area contributed by atoms with Crippen LogP contribution in [0, 0.1) is 0 Å². The summed E-state index contributed by atoms with van der Waals surface area (Å²) in [5.41, 5.74) is 2.68. The summed E-state index contributed by atoms with van der Waals surface area (Å²) in [5, 5.41) is 12.3. The maximum Gasteiger partial charge on any atom is 0.175 e. The molecule has 0 amide bonds. The summed E-state index contributed by atoms with van der Waals surface area (Å²) < 4.78 is 0. The standard InChI is InChI=1S/C15H21N5/c1-2-20-17-15(16-18-20)10-7-13-5-8-14(9-6-13)19-11-3-4-12-19/h5-6,8-9H,2-4,7,10-12H2,1H3. The third-order valence-corrected chi connectivity index (χ3v) is 3.82. The molecule has 106 valence electrons. The van der Waals surface area contributed by atoms with Crippen LogP contribution in [0.25, 0.3) is 0 Å². The molecule has 0 bridgehead atoms. The van der Waals surface area contributed by atoms with Crippen LogP contribution in [0.3, 0.4) is 0 Å². The fourth-order valence-corrected chi connectivity index (χ4v) is 2.62.